The van der Waals surface area contributed by atoms with Gasteiger partial charge in [0.15, 0.2) is 5.82 Å². The molecule has 0 aromatic carbocycles. The predicted octanol–water partition coefficient (Wildman–Crippen LogP) is -0.758. The van der Waals surface area contributed by atoms with Crippen molar-refractivity contribution in [2.45, 2.75) is 6.04 Å². The summed E-state index contributed by atoms with van der Waals surface area (Å²) in [5.74, 6) is 0.807. The van der Waals surface area contributed by atoms with Gasteiger partial charge in [-0.05, 0) is 7.05 Å². The van der Waals surface area contributed by atoms with Gasteiger partial charge in [0.1, 0.15) is 18.1 Å². The van der Waals surface area contributed by atoms with Crippen LogP contribution in [0.4, 0.5) is 0 Å². The Balaban J connectivity index is 2.36. The van der Waals surface area contributed by atoms with E-state index in [1.165, 1.54) is 0 Å². The molecule has 0 saturated carbocycles. The van der Waals surface area contributed by atoms with Gasteiger partial charge in [0.2, 0.25) is 0 Å². The molecule has 7 nitrogen and oxygen atoms in total. The first-order valence-corrected chi connectivity index (χ1v) is 4.19. The van der Waals surface area contributed by atoms with Crippen molar-refractivity contribution in [1.82, 2.24) is 35.5 Å². The molecule has 2 heterocycles. The molecule has 2 N–H and O–H groups in total. The summed E-state index contributed by atoms with van der Waals surface area (Å²) in [5, 5.41) is 21.3. The summed E-state index contributed by atoms with van der Waals surface area (Å²) >= 11 is 0. The monoisotopic (exact) mass is 193 g/mol. The van der Waals surface area contributed by atoms with Crippen LogP contribution in [0.25, 0.3) is 0 Å². The quantitative estimate of drug-likeness (QED) is 0.669. The first-order chi connectivity index (χ1) is 6.83. The van der Waals surface area contributed by atoms with Gasteiger partial charge in [0, 0.05) is 7.05 Å². The topological polar surface area (TPSA) is 84.3 Å². The van der Waals surface area contributed by atoms with Gasteiger partial charge in [0.05, 0.1) is 6.20 Å². The Morgan fingerprint density at radius 3 is 2.93 bits per heavy atom. The number of nitrogens with one attached hydrogen (secondary N) is 2. The minimum absolute atomic E-state index is 0.0822. The van der Waals surface area contributed by atoms with Crippen molar-refractivity contribution in [3.8, 4) is 0 Å². The zero-order valence-corrected chi connectivity index (χ0v) is 7.97. The summed E-state index contributed by atoms with van der Waals surface area (Å²) < 4.78 is 1.84. The van der Waals surface area contributed by atoms with E-state index in [1.807, 2.05) is 18.7 Å². The second-order valence-corrected chi connectivity index (χ2v) is 2.92. The summed E-state index contributed by atoms with van der Waals surface area (Å²) in [6.45, 7) is 0. The van der Waals surface area contributed by atoms with Gasteiger partial charge in [0.25, 0.3) is 0 Å². The molecule has 0 aliphatic heterocycles. The molecule has 2 rings (SSSR count). The molecule has 2 aromatic heterocycles. The second-order valence-electron chi connectivity index (χ2n) is 2.92. The number of rotatable bonds is 3. The number of aryl methyl sites for hydroxylation is 1. The molecule has 0 bridgehead atoms. The van der Waals surface area contributed by atoms with Gasteiger partial charge >= 0.3 is 0 Å². The molecule has 1 unspecified atom stereocenters. The Hall–Kier alpha value is -1.76. The van der Waals surface area contributed by atoms with Gasteiger partial charge < -0.3 is 9.88 Å². The van der Waals surface area contributed by atoms with E-state index in [0.29, 0.717) is 0 Å². The summed E-state index contributed by atoms with van der Waals surface area (Å²) in [7, 11) is 3.73. The average molecular weight is 193 g/mol. The first-order valence-electron chi connectivity index (χ1n) is 4.19. The maximum atomic E-state index is 4.01. The molecule has 2 aromatic rings. The van der Waals surface area contributed by atoms with Gasteiger partial charge in [-0.1, -0.05) is 0 Å². The third-order valence-corrected chi connectivity index (χ3v) is 2.02. The third kappa shape index (κ3) is 1.37. The van der Waals surface area contributed by atoms with Crippen LogP contribution >= 0.6 is 0 Å². The maximum absolute atomic E-state index is 4.01. The SMILES string of the molecule is CNC(c1cn[nH]n1)c1nncn1C. The summed E-state index contributed by atoms with van der Waals surface area (Å²) in [6.07, 6.45) is 3.32. The van der Waals surface area contributed by atoms with Gasteiger partial charge in [-0.25, -0.2) is 0 Å². The van der Waals surface area contributed by atoms with Crippen LogP contribution < -0.4 is 5.32 Å². The van der Waals surface area contributed by atoms with Crippen molar-refractivity contribution in [3.05, 3.63) is 24.0 Å². The fraction of sp³-hybridized carbons (Fsp3) is 0.429. The van der Waals surface area contributed by atoms with E-state index in [1.54, 1.807) is 12.5 Å². The molecular formula is C7H11N7. The number of H-pyrrole nitrogens is 1. The minimum Gasteiger partial charge on any atom is -0.319 e. The molecule has 7 heteroatoms. The second kappa shape index (κ2) is 3.54. The van der Waals surface area contributed by atoms with Crippen LogP contribution in [0.15, 0.2) is 12.5 Å². The highest BCUT2D eigenvalue weighted by Crippen LogP contribution is 2.15. The standard InChI is InChI=1S/C7H11N7/c1-8-6(5-3-9-13-11-5)7-12-10-4-14(7)2/h3-4,6,8H,1-2H3,(H,9,11,13). The van der Waals surface area contributed by atoms with Gasteiger partial charge in [-0.2, -0.15) is 15.4 Å². The molecule has 0 radical (unpaired) electrons. The number of aromatic amines is 1. The molecule has 0 fully saturated rings. The highest BCUT2D eigenvalue weighted by Gasteiger charge is 2.19. The van der Waals surface area contributed by atoms with Crippen molar-refractivity contribution in [3.63, 3.8) is 0 Å². The maximum Gasteiger partial charge on any atom is 0.156 e. The molecule has 1 atom stereocenters. The van der Waals surface area contributed by atoms with Crippen LogP contribution in [0.2, 0.25) is 0 Å². The Labute approximate surface area is 80.5 Å². The molecule has 14 heavy (non-hydrogen) atoms. The van der Waals surface area contributed by atoms with E-state index in [2.05, 4.69) is 30.9 Å². The average Bonchev–Trinajstić information content (AvgIpc) is 2.80. The van der Waals surface area contributed by atoms with E-state index in [4.69, 9.17) is 0 Å². The molecular weight excluding hydrogens is 182 g/mol. The highest BCUT2D eigenvalue weighted by atomic mass is 15.3. The zero-order valence-electron chi connectivity index (χ0n) is 7.97. The van der Waals surface area contributed by atoms with Crippen LogP contribution in [0, 0.1) is 0 Å². The minimum atomic E-state index is -0.0822. The Bertz CT molecular complexity index is 390. The molecule has 0 spiro atoms. The molecule has 0 saturated heterocycles. The van der Waals surface area contributed by atoms with E-state index >= 15 is 0 Å². The van der Waals surface area contributed by atoms with Crippen LogP contribution in [-0.2, 0) is 7.05 Å². The lowest BCUT2D eigenvalue weighted by Crippen LogP contribution is -2.21. The van der Waals surface area contributed by atoms with Gasteiger partial charge in [-0.15, -0.1) is 10.2 Å². The molecule has 0 amide bonds. The lowest BCUT2D eigenvalue weighted by molar-refractivity contribution is 0.599. The molecule has 0 aliphatic carbocycles. The van der Waals surface area contributed by atoms with Crippen molar-refractivity contribution < 1.29 is 0 Å². The van der Waals surface area contributed by atoms with Crippen LogP contribution in [0.1, 0.15) is 17.6 Å². The highest BCUT2D eigenvalue weighted by molar-refractivity contribution is 5.12. The van der Waals surface area contributed by atoms with E-state index < -0.39 is 0 Å². The fourth-order valence-electron chi connectivity index (χ4n) is 1.31. The van der Waals surface area contributed by atoms with Crippen molar-refractivity contribution in [2.75, 3.05) is 7.05 Å². The Morgan fingerprint density at radius 2 is 2.43 bits per heavy atom. The number of hydrogen-bond acceptors (Lipinski definition) is 5. The van der Waals surface area contributed by atoms with Crippen LogP contribution in [0.5, 0.6) is 0 Å². The predicted molar refractivity (Wildman–Crippen MR) is 48.3 cm³/mol. The van der Waals surface area contributed by atoms with Gasteiger partial charge in [-0.3, -0.25) is 0 Å². The number of nitrogens with zero attached hydrogens (tertiary/aromatic N) is 5. The first kappa shape index (κ1) is 8.82. The summed E-state index contributed by atoms with van der Waals surface area (Å²) in [5.41, 5.74) is 0.795. The Morgan fingerprint density at radius 1 is 1.57 bits per heavy atom. The molecule has 0 aliphatic rings. The summed E-state index contributed by atoms with van der Waals surface area (Å²) in [6, 6.07) is -0.0822. The smallest absolute Gasteiger partial charge is 0.156 e. The third-order valence-electron chi connectivity index (χ3n) is 2.02. The lowest BCUT2D eigenvalue weighted by atomic mass is 10.2. The number of aromatic nitrogens is 6. The molecule has 74 valence electrons. The number of hydrogen-bond donors (Lipinski definition) is 2. The van der Waals surface area contributed by atoms with Crippen molar-refractivity contribution >= 4 is 0 Å². The van der Waals surface area contributed by atoms with E-state index in [9.17, 15) is 0 Å². The van der Waals surface area contributed by atoms with E-state index in [-0.39, 0.29) is 6.04 Å². The summed E-state index contributed by atoms with van der Waals surface area (Å²) in [4.78, 5) is 0. The normalized spacial score (nSPS) is 13.0. The van der Waals surface area contributed by atoms with Crippen LogP contribution in [0.3, 0.4) is 0 Å². The van der Waals surface area contributed by atoms with Crippen molar-refractivity contribution in [2.24, 2.45) is 7.05 Å². The zero-order chi connectivity index (χ0) is 9.97. The van der Waals surface area contributed by atoms with Crippen LogP contribution in [-0.4, -0.2) is 37.2 Å². The lowest BCUT2D eigenvalue weighted by Gasteiger charge is -2.11. The van der Waals surface area contributed by atoms with E-state index in [0.717, 1.165) is 11.5 Å². The fourth-order valence-corrected chi connectivity index (χ4v) is 1.31. The largest absolute Gasteiger partial charge is 0.319 e. The van der Waals surface area contributed by atoms with Crippen molar-refractivity contribution in [1.29, 1.82) is 0 Å². The Kier molecular flexibility index (Phi) is 2.23.